The molecule has 0 saturated heterocycles. The Bertz CT molecular complexity index is 1100. The molecule has 0 fully saturated rings. The number of unbranched alkanes of at least 4 members (excludes halogenated alkanes) is 1. The number of hydrogen-bond acceptors (Lipinski definition) is 6. The van der Waals surface area contributed by atoms with Crippen LogP contribution in [0.25, 0.3) is 0 Å². The number of benzene rings is 2. The van der Waals surface area contributed by atoms with Crippen molar-refractivity contribution in [2.75, 3.05) is 31.1 Å². The minimum absolute atomic E-state index is 0.00194. The topological polar surface area (TPSA) is 102 Å². The second-order valence-corrected chi connectivity index (χ2v) is 9.19. The summed E-state index contributed by atoms with van der Waals surface area (Å²) in [6.45, 7) is 5.56. The summed E-state index contributed by atoms with van der Waals surface area (Å²) in [6, 6.07) is 10.3. The van der Waals surface area contributed by atoms with Gasteiger partial charge in [0.05, 0.1) is 34.8 Å². The number of esters is 1. The summed E-state index contributed by atoms with van der Waals surface area (Å²) < 4.78 is 38.3. The molecule has 0 aliphatic rings. The SMILES string of the molecule is C=CCN(c1ccccc1OC)S(=O)(=O)c1ccc(Cl)c(C(=O)OCC(=O)NCCCC)c1. The number of sulfonamides is 1. The number of carbonyl (C=O) groups excluding carboxylic acids is 2. The first-order valence-electron chi connectivity index (χ1n) is 10.3. The number of nitrogens with one attached hydrogen (secondary N) is 1. The fraction of sp³-hybridized carbons (Fsp3) is 0.304. The second kappa shape index (κ2) is 12.3. The van der Waals surface area contributed by atoms with Gasteiger partial charge in [0.15, 0.2) is 6.61 Å². The zero-order chi connectivity index (χ0) is 24.4. The van der Waals surface area contributed by atoms with E-state index in [1.807, 2.05) is 6.92 Å². The van der Waals surface area contributed by atoms with Gasteiger partial charge in [-0.05, 0) is 36.8 Å². The number of carbonyl (C=O) groups is 2. The maximum absolute atomic E-state index is 13.5. The molecule has 10 heteroatoms. The molecule has 0 radical (unpaired) electrons. The summed E-state index contributed by atoms with van der Waals surface area (Å²) in [5.74, 6) is -1.01. The van der Waals surface area contributed by atoms with Gasteiger partial charge in [0.2, 0.25) is 0 Å². The number of anilines is 1. The Labute approximate surface area is 199 Å². The molecule has 33 heavy (non-hydrogen) atoms. The van der Waals surface area contributed by atoms with E-state index in [9.17, 15) is 18.0 Å². The van der Waals surface area contributed by atoms with Gasteiger partial charge in [-0.1, -0.05) is 43.2 Å². The molecule has 2 aromatic rings. The molecule has 1 N–H and O–H groups in total. The normalized spacial score (nSPS) is 10.9. The summed E-state index contributed by atoms with van der Waals surface area (Å²) in [7, 11) is -2.69. The van der Waals surface area contributed by atoms with Crippen LogP contribution >= 0.6 is 11.6 Å². The summed E-state index contributed by atoms with van der Waals surface area (Å²) >= 11 is 6.12. The van der Waals surface area contributed by atoms with Crippen molar-refractivity contribution >= 4 is 39.2 Å². The van der Waals surface area contributed by atoms with E-state index in [0.717, 1.165) is 23.2 Å². The van der Waals surface area contributed by atoms with E-state index in [-0.39, 0.29) is 22.0 Å². The Morgan fingerprint density at radius 3 is 2.61 bits per heavy atom. The fourth-order valence-electron chi connectivity index (χ4n) is 2.89. The Kier molecular flexibility index (Phi) is 9.74. The number of amides is 1. The van der Waals surface area contributed by atoms with Crippen molar-refractivity contribution in [1.29, 1.82) is 0 Å². The molecule has 2 aromatic carbocycles. The fourth-order valence-corrected chi connectivity index (χ4v) is 4.56. The van der Waals surface area contributed by atoms with Gasteiger partial charge in [-0.2, -0.15) is 0 Å². The first-order valence-corrected chi connectivity index (χ1v) is 12.1. The van der Waals surface area contributed by atoms with Crippen LogP contribution in [0.2, 0.25) is 5.02 Å². The zero-order valence-corrected chi connectivity index (χ0v) is 20.1. The van der Waals surface area contributed by atoms with E-state index in [0.29, 0.717) is 18.0 Å². The standard InChI is InChI=1S/C23H27ClN2O6S/c1-4-6-13-25-22(27)16-32-23(28)18-15-17(11-12-19(18)24)33(29,30)26(14-5-2)20-9-7-8-10-21(20)31-3/h5,7-12,15H,2,4,6,13-14,16H2,1,3H3,(H,25,27). The Balaban J connectivity index is 2.32. The number of nitrogens with zero attached hydrogens (tertiary/aromatic N) is 1. The van der Waals surface area contributed by atoms with E-state index in [1.165, 1.54) is 25.3 Å². The number of hydrogen-bond donors (Lipinski definition) is 1. The summed E-state index contributed by atoms with van der Waals surface area (Å²) in [5.41, 5.74) is 0.139. The molecule has 2 rings (SSSR count). The molecule has 0 bridgehead atoms. The zero-order valence-electron chi connectivity index (χ0n) is 18.5. The van der Waals surface area contributed by atoms with Gasteiger partial charge in [0.25, 0.3) is 15.9 Å². The molecule has 0 aromatic heterocycles. The molecular formula is C23H27ClN2O6S. The lowest BCUT2D eigenvalue weighted by atomic mass is 10.2. The third-order valence-corrected chi connectivity index (χ3v) is 6.69. The van der Waals surface area contributed by atoms with Crippen molar-refractivity contribution in [2.45, 2.75) is 24.7 Å². The van der Waals surface area contributed by atoms with Crippen LogP contribution < -0.4 is 14.4 Å². The van der Waals surface area contributed by atoms with Crippen LogP contribution in [0.3, 0.4) is 0 Å². The maximum Gasteiger partial charge on any atom is 0.340 e. The van der Waals surface area contributed by atoms with Gasteiger partial charge < -0.3 is 14.8 Å². The average molecular weight is 495 g/mol. The lowest BCUT2D eigenvalue weighted by Gasteiger charge is -2.25. The summed E-state index contributed by atoms with van der Waals surface area (Å²) in [6.07, 6.45) is 3.15. The Morgan fingerprint density at radius 2 is 1.94 bits per heavy atom. The first-order chi connectivity index (χ1) is 15.8. The van der Waals surface area contributed by atoms with E-state index in [1.54, 1.807) is 24.3 Å². The Hall–Kier alpha value is -3.04. The molecule has 0 heterocycles. The number of para-hydroxylation sites is 2. The summed E-state index contributed by atoms with van der Waals surface area (Å²) in [5, 5.41) is 2.62. The third-order valence-electron chi connectivity index (χ3n) is 4.58. The molecule has 0 unspecified atom stereocenters. The van der Waals surface area contributed by atoms with Crippen LogP contribution in [0.5, 0.6) is 5.75 Å². The van der Waals surface area contributed by atoms with Crippen molar-refractivity contribution in [2.24, 2.45) is 0 Å². The lowest BCUT2D eigenvalue weighted by molar-refractivity contribution is -0.124. The number of rotatable bonds is 12. The monoisotopic (exact) mass is 494 g/mol. The van der Waals surface area contributed by atoms with E-state index in [4.69, 9.17) is 21.1 Å². The minimum Gasteiger partial charge on any atom is -0.495 e. The highest BCUT2D eigenvalue weighted by Crippen LogP contribution is 2.33. The van der Waals surface area contributed by atoms with Crippen LogP contribution in [0, 0.1) is 0 Å². The molecule has 8 nitrogen and oxygen atoms in total. The molecule has 0 saturated carbocycles. The molecule has 0 aliphatic heterocycles. The van der Waals surface area contributed by atoms with Crippen LogP contribution in [0.15, 0.2) is 60.0 Å². The number of ether oxygens (including phenoxy) is 2. The highest BCUT2D eigenvalue weighted by atomic mass is 35.5. The van der Waals surface area contributed by atoms with Crippen molar-refractivity contribution < 1.29 is 27.5 Å². The Morgan fingerprint density at radius 1 is 1.21 bits per heavy atom. The molecule has 0 spiro atoms. The van der Waals surface area contributed by atoms with Crippen LogP contribution in [0.1, 0.15) is 30.1 Å². The number of halogens is 1. The summed E-state index contributed by atoms with van der Waals surface area (Å²) in [4.78, 5) is 24.1. The lowest BCUT2D eigenvalue weighted by Crippen LogP contribution is -2.32. The number of methoxy groups -OCH3 is 1. The van der Waals surface area contributed by atoms with Crippen molar-refractivity contribution in [3.8, 4) is 5.75 Å². The molecular weight excluding hydrogens is 468 g/mol. The minimum atomic E-state index is -4.13. The van der Waals surface area contributed by atoms with Crippen LogP contribution in [0.4, 0.5) is 5.69 Å². The predicted molar refractivity (Wildman–Crippen MR) is 127 cm³/mol. The van der Waals surface area contributed by atoms with Gasteiger partial charge >= 0.3 is 5.97 Å². The van der Waals surface area contributed by atoms with Gasteiger partial charge in [0.1, 0.15) is 5.75 Å². The largest absolute Gasteiger partial charge is 0.495 e. The quantitative estimate of drug-likeness (QED) is 0.273. The molecule has 178 valence electrons. The van der Waals surface area contributed by atoms with Crippen LogP contribution in [-0.4, -0.2) is 47.1 Å². The van der Waals surface area contributed by atoms with Gasteiger partial charge in [-0.15, -0.1) is 6.58 Å². The van der Waals surface area contributed by atoms with Crippen molar-refractivity contribution in [3.05, 3.63) is 65.7 Å². The van der Waals surface area contributed by atoms with Crippen LogP contribution in [-0.2, 0) is 19.6 Å². The molecule has 0 aliphatic carbocycles. The van der Waals surface area contributed by atoms with Gasteiger partial charge in [-0.3, -0.25) is 9.10 Å². The van der Waals surface area contributed by atoms with Gasteiger partial charge in [-0.25, -0.2) is 13.2 Å². The molecule has 0 atom stereocenters. The predicted octanol–water partition coefficient (Wildman–Crippen LogP) is 3.80. The molecule has 1 amide bonds. The van der Waals surface area contributed by atoms with E-state index < -0.39 is 28.5 Å². The van der Waals surface area contributed by atoms with Crippen molar-refractivity contribution in [3.63, 3.8) is 0 Å². The average Bonchev–Trinajstić information content (AvgIpc) is 2.81. The second-order valence-electron chi connectivity index (χ2n) is 6.92. The van der Waals surface area contributed by atoms with Gasteiger partial charge in [0, 0.05) is 6.54 Å². The van der Waals surface area contributed by atoms with Crippen molar-refractivity contribution in [1.82, 2.24) is 5.32 Å². The maximum atomic E-state index is 13.5. The highest BCUT2D eigenvalue weighted by molar-refractivity contribution is 7.92. The highest BCUT2D eigenvalue weighted by Gasteiger charge is 2.28. The van der Waals surface area contributed by atoms with E-state index in [2.05, 4.69) is 11.9 Å². The van der Waals surface area contributed by atoms with E-state index >= 15 is 0 Å². The third kappa shape index (κ3) is 6.72. The first kappa shape index (κ1) is 26.2. The smallest absolute Gasteiger partial charge is 0.340 e.